The molecule has 0 saturated carbocycles. The van der Waals surface area contributed by atoms with Crippen molar-refractivity contribution in [3.63, 3.8) is 0 Å². The van der Waals surface area contributed by atoms with Gasteiger partial charge in [-0.1, -0.05) is 20.8 Å². The number of anilines is 1. The zero-order chi connectivity index (χ0) is 13.0. The molecular formula is C12H17BrN2O2. The monoisotopic (exact) mass is 300 g/mol. The van der Waals surface area contributed by atoms with Crippen molar-refractivity contribution in [2.24, 2.45) is 11.8 Å². The fourth-order valence-corrected chi connectivity index (χ4v) is 1.77. The summed E-state index contributed by atoms with van der Waals surface area (Å²) in [7, 11) is 0. The minimum Gasteiger partial charge on any atom is -0.384 e. The molecule has 17 heavy (non-hydrogen) atoms. The molecule has 0 heterocycles. The number of benzene rings is 1. The maximum absolute atomic E-state index is 10.6. The van der Waals surface area contributed by atoms with E-state index in [1.54, 1.807) is 6.07 Å². The minimum absolute atomic E-state index is 0.0966. The smallest absolute Gasteiger partial charge is 0.270 e. The number of nitrogens with one attached hydrogen (secondary N) is 1. The van der Waals surface area contributed by atoms with Gasteiger partial charge < -0.3 is 5.32 Å². The van der Waals surface area contributed by atoms with E-state index in [2.05, 4.69) is 42.0 Å². The first kappa shape index (κ1) is 14.0. The largest absolute Gasteiger partial charge is 0.384 e. The van der Waals surface area contributed by atoms with Crippen molar-refractivity contribution < 1.29 is 4.92 Å². The molecule has 5 heteroatoms. The Kier molecular flexibility index (Phi) is 4.93. The van der Waals surface area contributed by atoms with Crippen molar-refractivity contribution in [1.82, 2.24) is 0 Å². The van der Waals surface area contributed by atoms with E-state index < -0.39 is 4.92 Å². The molecular weight excluding hydrogens is 284 g/mol. The second-order valence-electron chi connectivity index (χ2n) is 4.52. The van der Waals surface area contributed by atoms with Crippen molar-refractivity contribution in [3.05, 3.63) is 32.8 Å². The molecule has 94 valence electrons. The summed E-state index contributed by atoms with van der Waals surface area (Å²) in [5.41, 5.74) is 0.988. The van der Waals surface area contributed by atoms with Crippen LogP contribution in [0.4, 0.5) is 11.4 Å². The Morgan fingerprint density at radius 1 is 1.41 bits per heavy atom. The maximum Gasteiger partial charge on any atom is 0.270 e. The van der Waals surface area contributed by atoms with E-state index in [0.29, 0.717) is 11.8 Å². The van der Waals surface area contributed by atoms with Crippen LogP contribution in [0.1, 0.15) is 20.8 Å². The topological polar surface area (TPSA) is 55.2 Å². The molecule has 1 aromatic carbocycles. The molecule has 1 aromatic rings. The van der Waals surface area contributed by atoms with Crippen molar-refractivity contribution in [2.75, 3.05) is 11.9 Å². The van der Waals surface area contributed by atoms with Gasteiger partial charge >= 0.3 is 0 Å². The number of nitro benzene ring substituents is 1. The van der Waals surface area contributed by atoms with Crippen molar-refractivity contribution in [1.29, 1.82) is 0 Å². The number of hydrogen-bond acceptors (Lipinski definition) is 3. The molecule has 1 atom stereocenters. The number of hydrogen-bond donors (Lipinski definition) is 1. The lowest BCUT2D eigenvalue weighted by molar-refractivity contribution is -0.384. The zero-order valence-electron chi connectivity index (χ0n) is 10.2. The van der Waals surface area contributed by atoms with Gasteiger partial charge in [0.1, 0.15) is 0 Å². The molecule has 0 saturated heterocycles. The van der Waals surface area contributed by atoms with E-state index in [0.717, 1.165) is 16.7 Å². The third-order valence-corrected chi connectivity index (χ3v) is 3.57. The molecule has 4 nitrogen and oxygen atoms in total. The van der Waals surface area contributed by atoms with Crippen LogP contribution in [-0.2, 0) is 0 Å². The zero-order valence-corrected chi connectivity index (χ0v) is 11.8. The van der Waals surface area contributed by atoms with E-state index in [-0.39, 0.29) is 5.69 Å². The predicted molar refractivity (Wildman–Crippen MR) is 73.3 cm³/mol. The SMILES string of the molecule is CC(C)C(C)CNc1ccc([N+](=O)[O-])cc1Br. The molecule has 0 fully saturated rings. The lowest BCUT2D eigenvalue weighted by atomic mass is 9.98. The quantitative estimate of drug-likeness (QED) is 0.659. The summed E-state index contributed by atoms with van der Waals surface area (Å²) in [4.78, 5) is 10.2. The van der Waals surface area contributed by atoms with E-state index in [1.165, 1.54) is 12.1 Å². The van der Waals surface area contributed by atoms with Gasteiger partial charge in [-0.3, -0.25) is 10.1 Å². The summed E-state index contributed by atoms with van der Waals surface area (Å²) in [6, 6.07) is 4.75. The van der Waals surface area contributed by atoms with E-state index >= 15 is 0 Å². The Bertz CT molecular complexity index is 407. The number of nitro groups is 1. The molecule has 1 N–H and O–H groups in total. The molecule has 0 aliphatic heterocycles. The van der Waals surface area contributed by atoms with Gasteiger partial charge in [-0.2, -0.15) is 0 Å². The van der Waals surface area contributed by atoms with Gasteiger partial charge in [-0.05, 0) is 33.8 Å². The van der Waals surface area contributed by atoms with E-state index in [1.807, 2.05) is 0 Å². The molecule has 1 rings (SSSR count). The highest BCUT2D eigenvalue weighted by Crippen LogP contribution is 2.27. The fourth-order valence-electron chi connectivity index (χ4n) is 1.27. The van der Waals surface area contributed by atoms with Crippen molar-refractivity contribution in [3.8, 4) is 0 Å². The molecule has 0 spiro atoms. The number of rotatable bonds is 5. The Hall–Kier alpha value is -1.10. The summed E-state index contributed by atoms with van der Waals surface area (Å²) < 4.78 is 0.725. The summed E-state index contributed by atoms with van der Waals surface area (Å²) in [5, 5.41) is 13.9. The van der Waals surface area contributed by atoms with Gasteiger partial charge in [0.05, 0.1) is 4.92 Å². The van der Waals surface area contributed by atoms with Gasteiger partial charge in [0, 0.05) is 28.8 Å². The van der Waals surface area contributed by atoms with E-state index in [4.69, 9.17) is 0 Å². The Morgan fingerprint density at radius 2 is 2.06 bits per heavy atom. The lowest BCUT2D eigenvalue weighted by Gasteiger charge is -2.17. The van der Waals surface area contributed by atoms with Crippen LogP contribution < -0.4 is 5.32 Å². The average Bonchev–Trinajstić information content (AvgIpc) is 2.26. The Labute approximate surface area is 110 Å². The van der Waals surface area contributed by atoms with Crippen LogP contribution in [-0.4, -0.2) is 11.5 Å². The van der Waals surface area contributed by atoms with Gasteiger partial charge in [0.25, 0.3) is 5.69 Å². The predicted octanol–water partition coefficient (Wildman–Crippen LogP) is 4.06. The van der Waals surface area contributed by atoms with E-state index in [9.17, 15) is 10.1 Å². The van der Waals surface area contributed by atoms with Gasteiger partial charge in [0.15, 0.2) is 0 Å². The van der Waals surface area contributed by atoms with Crippen molar-refractivity contribution in [2.45, 2.75) is 20.8 Å². The summed E-state index contributed by atoms with van der Waals surface area (Å²) >= 11 is 3.34. The van der Waals surface area contributed by atoms with Gasteiger partial charge in [-0.25, -0.2) is 0 Å². The lowest BCUT2D eigenvalue weighted by Crippen LogP contribution is -2.16. The molecule has 0 aliphatic carbocycles. The van der Waals surface area contributed by atoms with Crippen LogP contribution in [0.2, 0.25) is 0 Å². The fraction of sp³-hybridized carbons (Fsp3) is 0.500. The minimum atomic E-state index is -0.398. The van der Waals surface area contributed by atoms with Crippen LogP contribution in [0.5, 0.6) is 0 Å². The summed E-state index contributed by atoms with van der Waals surface area (Å²) in [6.45, 7) is 7.39. The highest BCUT2D eigenvalue weighted by Gasteiger charge is 2.11. The van der Waals surface area contributed by atoms with Crippen LogP contribution in [0.25, 0.3) is 0 Å². The van der Waals surface area contributed by atoms with Crippen LogP contribution in [0.3, 0.4) is 0 Å². The Balaban J connectivity index is 2.70. The summed E-state index contributed by atoms with van der Waals surface area (Å²) in [6.07, 6.45) is 0. The van der Waals surface area contributed by atoms with Gasteiger partial charge in [0.2, 0.25) is 0 Å². The molecule has 0 radical (unpaired) electrons. The van der Waals surface area contributed by atoms with Crippen molar-refractivity contribution >= 4 is 27.3 Å². The van der Waals surface area contributed by atoms with Crippen LogP contribution >= 0.6 is 15.9 Å². The normalized spacial score (nSPS) is 12.5. The molecule has 1 unspecified atom stereocenters. The first-order valence-electron chi connectivity index (χ1n) is 5.59. The average molecular weight is 301 g/mol. The Morgan fingerprint density at radius 3 is 2.53 bits per heavy atom. The second kappa shape index (κ2) is 6.00. The molecule has 0 bridgehead atoms. The first-order valence-corrected chi connectivity index (χ1v) is 6.39. The summed E-state index contributed by atoms with van der Waals surface area (Å²) in [5.74, 6) is 1.16. The maximum atomic E-state index is 10.6. The second-order valence-corrected chi connectivity index (χ2v) is 5.38. The van der Waals surface area contributed by atoms with Crippen LogP contribution in [0, 0.1) is 22.0 Å². The molecule has 0 aromatic heterocycles. The molecule has 0 amide bonds. The number of halogens is 1. The molecule has 0 aliphatic rings. The van der Waals surface area contributed by atoms with Gasteiger partial charge in [-0.15, -0.1) is 0 Å². The third-order valence-electron chi connectivity index (χ3n) is 2.92. The standard InChI is InChI=1S/C12H17BrN2O2/c1-8(2)9(3)7-14-12-5-4-10(15(16)17)6-11(12)13/h4-6,8-9,14H,7H2,1-3H3. The number of non-ortho nitro benzene ring substituents is 1. The third kappa shape index (κ3) is 4.00. The highest BCUT2D eigenvalue weighted by molar-refractivity contribution is 9.10. The highest BCUT2D eigenvalue weighted by atomic mass is 79.9. The number of nitrogens with zero attached hydrogens (tertiary/aromatic N) is 1. The first-order chi connectivity index (χ1) is 7.91. The van der Waals surface area contributed by atoms with Crippen LogP contribution in [0.15, 0.2) is 22.7 Å².